The van der Waals surface area contributed by atoms with Gasteiger partial charge < -0.3 is 15.8 Å². The maximum absolute atomic E-state index is 5.94. The number of unbranched alkanes of at least 4 members (excludes halogenated alkanes) is 1. The van der Waals surface area contributed by atoms with Crippen molar-refractivity contribution in [1.82, 2.24) is 5.32 Å². The van der Waals surface area contributed by atoms with Crippen molar-refractivity contribution in [1.29, 1.82) is 0 Å². The lowest BCUT2D eigenvalue weighted by Gasteiger charge is -2.10. The molecule has 2 rings (SSSR count). The van der Waals surface area contributed by atoms with Crippen molar-refractivity contribution in [2.24, 2.45) is 0 Å². The second-order valence-corrected chi connectivity index (χ2v) is 6.10. The van der Waals surface area contributed by atoms with Gasteiger partial charge in [0, 0.05) is 0 Å². The summed E-state index contributed by atoms with van der Waals surface area (Å²) in [6.45, 7) is 9.45. The Morgan fingerprint density at radius 1 is 0.880 bits per heavy atom. The molecule has 0 amide bonds. The fourth-order valence-corrected chi connectivity index (χ4v) is 2.29. The molecule has 3 N–H and O–H groups in total. The number of nitrogens with two attached hydrogens (primary N) is 1. The molecule has 2 aromatic rings. The van der Waals surface area contributed by atoms with E-state index in [1.54, 1.807) is 0 Å². The molecule has 0 aliphatic heterocycles. The second kappa shape index (κ2) is 13.3. The zero-order chi connectivity index (χ0) is 18.3. The molecule has 0 fully saturated rings. The highest BCUT2D eigenvalue weighted by atomic mass is 16.5. The molecule has 0 spiro atoms. The first-order valence-corrected chi connectivity index (χ1v) is 9.47. The lowest BCUT2D eigenvalue weighted by Crippen LogP contribution is -2.15. The van der Waals surface area contributed by atoms with Gasteiger partial charge in [-0.3, -0.25) is 0 Å². The van der Waals surface area contributed by atoms with E-state index in [0.717, 1.165) is 17.7 Å². The van der Waals surface area contributed by atoms with Crippen molar-refractivity contribution in [2.75, 3.05) is 18.8 Å². The van der Waals surface area contributed by atoms with Crippen LogP contribution in [0.4, 0.5) is 5.69 Å². The maximum Gasteiger partial charge on any atom is 0.142 e. The monoisotopic (exact) mass is 342 g/mol. The summed E-state index contributed by atoms with van der Waals surface area (Å²) in [5.41, 5.74) is 9.02. The second-order valence-electron chi connectivity index (χ2n) is 6.10. The van der Waals surface area contributed by atoms with E-state index in [-0.39, 0.29) is 0 Å². The Morgan fingerprint density at radius 3 is 2.24 bits per heavy atom. The zero-order valence-electron chi connectivity index (χ0n) is 16.1. The van der Waals surface area contributed by atoms with E-state index in [1.165, 1.54) is 37.9 Å². The number of rotatable bonds is 9. The Kier molecular flexibility index (Phi) is 11.2. The van der Waals surface area contributed by atoms with Gasteiger partial charge in [0.2, 0.25) is 0 Å². The fourth-order valence-electron chi connectivity index (χ4n) is 2.29. The number of hydrogen-bond acceptors (Lipinski definition) is 3. The topological polar surface area (TPSA) is 47.3 Å². The van der Waals surface area contributed by atoms with Gasteiger partial charge in [-0.25, -0.2) is 0 Å². The molecule has 0 heterocycles. The van der Waals surface area contributed by atoms with Crippen LogP contribution >= 0.6 is 0 Å². The van der Waals surface area contributed by atoms with Gasteiger partial charge in [-0.2, -0.15) is 0 Å². The van der Waals surface area contributed by atoms with Crippen molar-refractivity contribution < 1.29 is 4.74 Å². The maximum atomic E-state index is 5.94. The fraction of sp³-hybridized carbons (Fsp3) is 0.455. The minimum absolute atomic E-state index is 0.552. The molecule has 2 aromatic carbocycles. The third kappa shape index (κ3) is 9.16. The van der Waals surface area contributed by atoms with Crippen molar-refractivity contribution in [3.8, 4) is 5.75 Å². The number of nitrogens with one attached hydrogen (secondary N) is 1. The highest BCUT2D eigenvalue weighted by molar-refractivity contribution is 5.54. The molecular weight excluding hydrogens is 308 g/mol. The van der Waals surface area contributed by atoms with E-state index in [4.69, 9.17) is 10.5 Å². The summed E-state index contributed by atoms with van der Waals surface area (Å²) in [4.78, 5) is 0. The minimum atomic E-state index is 0.552. The summed E-state index contributed by atoms with van der Waals surface area (Å²) in [5.74, 6) is 0.756. The summed E-state index contributed by atoms with van der Waals surface area (Å²) < 4.78 is 5.70. The molecule has 0 bridgehead atoms. The first-order chi connectivity index (χ1) is 12.2. The van der Waals surface area contributed by atoms with Gasteiger partial charge in [-0.05, 0) is 55.6 Å². The summed E-state index contributed by atoms with van der Waals surface area (Å²) in [6, 6.07) is 16.0. The highest BCUT2D eigenvalue weighted by Crippen LogP contribution is 2.23. The number of aryl methyl sites for hydroxylation is 1. The minimum Gasteiger partial charge on any atom is -0.487 e. The average molecular weight is 343 g/mol. The quantitative estimate of drug-likeness (QED) is 0.486. The predicted molar refractivity (Wildman–Crippen MR) is 109 cm³/mol. The van der Waals surface area contributed by atoms with Gasteiger partial charge in [-0.15, -0.1) is 0 Å². The Labute approximate surface area is 153 Å². The van der Waals surface area contributed by atoms with Crippen LogP contribution in [0.1, 0.15) is 51.2 Å². The van der Waals surface area contributed by atoms with E-state index in [1.807, 2.05) is 42.5 Å². The molecule has 0 saturated carbocycles. The standard InChI is InChI=1S/C15H17NO.C7H17N/c1-2-12-8-9-15(14(16)10-12)17-11-13-6-4-3-5-7-13;1-3-5-7-8-6-4-2/h3-10H,2,11,16H2,1H3;8H,3-7H2,1-2H3. The highest BCUT2D eigenvalue weighted by Gasteiger charge is 2.01. The van der Waals surface area contributed by atoms with Crippen LogP contribution in [0.25, 0.3) is 0 Å². The van der Waals surface area contributed by atoms with Gasteiger partial charge in [-0.1, -0.05) is 63.6 Å². The zero-order valence-corrected chi connectivity index (χ0v) is 16.1. The van der Waals surface area contributed by atoms with Crippen molar-refractivity contribution >= 4 is 5.69 Å². The Hall–Kier alpha value is -2.00. The van der Waals surface area contributed by atoms with Crippen LogP contribution in [0, 0.1) is 0 Å². The molecule has 3 nitrogen and oxygen atoms in total. The SMILES string of the molecule is CCCCNCCC.CCc1ccc(OCc2ccccc2)c(N)c1. The first-order valence-electron chi connectivity index (χ1n) is 9.47. The van der Waals surface area contributed by atoms with Gasteiger partial charge in [0.05, 0.1) is 5.69 Å². The molecule has 25 heavy (non-hydrogen) atoms. The van der Waals surface area contributed by atoms with Crippen LogP contribution in [0.3, 0.4) is 0 Å². The van der Waals surface area contributed by atoms with Crippen molar-refractivity contribution in [3.05, 3.63) is 59.7 Å². The number of benzene rings is 2. The van der Waals surface area contributed by atoms with E-state index in [0.29, 0.717) is 12.3 Å². The summed E-state index contributed by atoms with van der Waals surface area (Å²) in [6.07, 6.45) is 4.86. The molecule has 0 aliphatic carbocycles. The molecule has 138 valence electrons. The largest absolute Gasteiger partial charge is 0.487 e. The van der Waals surface area contributed by atoms with Gasteiger partial charge in [0.15, 0.2) is 0 Å². The Bertz CT molecular complexity index is 563. The van der Waals surface area contributed by atoms with Gasteiger partial charge in [0.25, 0.3) is 0 Å². The smallest absolute Gasteiger partial charge is 0.142 e. The number of hydrogen-bond donors (Lipinski definition) is 2. The summed E-state index contributed by atoms with van der Waals surface area (Å²) >= 11 is 0. The van der Waals surface area contributed by atoms with Crippen molar-refractivity contribution in [2.45, 2.75) is 53.1 Å². The van der Waals surface area contributed by atoms with E-state index in [9.17, 15) is 0 Å². The van der Waals surface area contributed by atoms with E-state index < -0.39 is 0 Å². The number of anilines is 1. The lowest BCUT2D eigenvalue weighted by molar-refractivity contribution is 0.308. The first kappa shape index (κ1) is 21.0. The predicted octanol–water partition coefficient (Wildman–Crippen LogP) is 5.20. The van der Waals surface area contributed by atoms with Crippen LogP contribution in [0.15, 0.2) is 48.5 Å². The van der Waals surface area contributed by atoms with Crippen LogP contribution in [-0.4, -0.2) is 13.1 Å². The molecule has 0 unspecified atom stereocenters. The summed E-state index contributed by atoms with van der Waals surface area (Å²) in [7, 11) is 0. The van der Waals surface area contributed by atoms with E-state index in [2.05, 4.69) is 32.2 Å². The van der Waals surface area contributed by atoms with Crippen molar-refractivity contribution in [3.63, 3.8) is 0 Å². The third-order valence-electron chi connectivity index (χ3n) is 3.85. The molecule has 0 aliphatic rings. The Balaban J connectivity index is 0.000000333. The molecule has 0 atom stereocenters. The summed E-state index contributed by atoms with van der Waals surface area (Å²) in [5, 5.41) is 3.34. The molecular formula is C22H34N2O. The average Bonchev–Trinajstić information content (AvgIpc) is 2.65. The number of nitrogen functional groups attached to an aromatic ring is 1. The molecule has 0 radical (unpaired) electrons. The molecule has 3 heteroatoms. The third-order valence-corrected chi connectivity index (χ3v) is 3.85. The Morgan fingerprint density at radius 2 is 1.64 bits per heavy atom. The van der Waals surface area contributed by atoms with Gasteiger partial charge >= 0.3 is 0 Å². The molecule has 0 saturated heterocycles. The lowest BCUT2D eigenvalue weighted by atomic mass is 10.1. The molecule has 0 aromatic heterocycles. The van der Waals surface area contributed by atoms with Gasteiger partial charge in [0.1, 0.15) is 12.4 Å². The van der Waals surface area contributed by atoms with Crippen LogP contribution in [-0.2, 0) is 13.0 Å². The van der Waals surface area contributed by atoms with Crippen LogP contribution in [0.2, 0.25) is 0 Å². The van der Waals surface area contributed by atoms with E-state index >= 15 is 0 Å². The van der Waals surface area contributed by atoms with Crippen LogP contribution in [0.5, 0.6) is 5.75 Å². The normalized spacial score (nSPS) is 10.0. The van der Waals surface area contributed by atoms with Crippen LogP contribution < -0.4 is 15.8 Å². The number of ether oxygens (including phenoxy) is 1.